The van der Waals surface area contributed by atoms with Crippen LogP contribution in [0, 0.1) is 10.5 Å². The molecule has 0 aliphatic rings. The Labute approximate surface area is 150 Å². The van der Waals surface area contributed by atoms with Gasteiger partial charge in [-0.25, -0.2) is 0 Å². The van der Waals surface area contributed by atoms with Gasteiger partial charge in [-0.1, -0.05) is 22.0 Å². The summed E-state index contributed by atoms with van der Waals surface area (Å²) in [5.74, 6) is -0.237. The van der Waals surface area contributed by atoms with Crippen LogP contribution in [0.2, 0.25) is 0 Å². The van der Waals surface area contributed by atoms with E-state index in [-0.39, 0.29) is 11.0 Å². The van der Waals surface area contributed by atoms with Crippen LogP contribution < -0.4 is 10.6 Å². The number of carbonyl (C=O) groups is 1. The largest absolute Gasteiger partial charge is 0.332 e. The normalized spacial score (nSPS) is 10.0. The third kappa shape index (κ3) is 4.76. The molecule has 2 N–H and O–H groups in total. The summed E-state index contributed by atoms with van der Waals surface area (Å²) in [7, 11) is 0. The number of amides is 1. The predicted octanol–water partition coefficient (Wildman–Crippen LogP) is 4.49. The molecular formula is C15H12BrIN2OS. The first-order chi connectivity index (χ1) is 9.95. The number of aryl methyl sites for hydroxylation is 1. The summed E-state index contributed by atoms with van der Waals surface area (Å²) in [4.78, 5) is 12.1. The molecule has 2 aromatic rings. The second kappa shape index (κ2) is 7.33. The summed E-state index contributed by atoms with van der Waals surface area (Å²) in [5, 5.41) is 5.92. The number of hydrogen-bond acceptors (Lipinski definition) is 2. The van der Waals surface area contributed by atoms with Crippen molar-refractivity contribution in [3.8, 4) is 0 Å². The summed E-state index contributed by atoms with van der Waals surface area (Å²) in [6, 6.07) is 13.2. The molecule has 0 heterocycles. The number of rotatable bonds is 2. The van der Waals surface area contributed by atoms with E-state index >= 15 is 0 Å². The third-order valence-electron chi connectivity index (χ3n) is 2.76. The lowest BCUT2D eigenvalue weighted by Gasteiger charge is -2.10. The molecule has 21 heavy (non-hydrogen) atoms. The number of anilines is 1. The second-order valence-corrected chi connectivity index (χ2v) is 6.89. The Morgan fingerprint density at radius 1 is 1.19 bits per heavy atom. The van der Waals surface area contributed by atoms with Crippen LogP contribution in [0.25, 0.3) is 0 Å². The topological polar surface area (TPSA) is 41.1 Å². The van der Waals surface area contributed by atoms with Crippen molar-refractivity contribution in [2.75, 3.05) is 5.32 Å². The Balaban J connectivity index is 2.00. The van der Waals surface area contributed by atoms with Crippen LogP contribution in [0.15, 0.2) is 46.9 Å². The molecule has 0 aliphatic carbocycles. The van der Waals surface area contributed by atoms with Crippen molar-refractivity contribution in [1.82, 2.24) is 5.32 Å². The molecule has 6 heteroatoms. The van der Waals surface area contributed by atoms with Crippen LogP contribution in [-0.2, 0) is 0 Å². The first-order valence-corrected chi connectivity index (χ1v) is 8.38. The number of benzene rings is 2. The van der Waals surface area contributed by atoms with E-state index in [9.17, 15) is 4.79 Å². The van der Waals surface area contributed by atoms with Gasteiger partial charge in [-0.2, -0.15) is 0 Å². The number of hydrogen-bond donors (Lipinski definition) is 2. The summed E-state index contributed by atoms with van der Waals surface area (Å²) in [6.07, 6.45) is 0. The van der Waals surface area contributed by atoms with E-state index < -0.39 is 0 Å². The van der Waals surface area contributed by atoms with Gasteiger partial charge in [0.25, 0.3) is 5.91 Å². The summed E-state index contributed by atoms with van der Waals surface area (Å²) in [5.41, 5.74) is 2.47. The minimum absolute atomic E-state index is 0.237. The lowest BCUT2D eigenvalue weighted by Crippen LogP contribution is -2.34. The summed E-state index contributed by atoms with van der Waals surface area (Å²) in [6.45, 7) is 1.97. The molecule has 0 unspecified atom stereocenters. The Hall–Kier alpha value is -0.990. The fourth-order valence-corrected chi connectivity index (χ4v) is 2.55. The minimum atomic E-state index is -0.237. The smallest absolute Gasteiger partial charge is 0.257 e. The first kappa shape index (κ1) is 16.4. The van der Waals surface area contributed by atoms with E-state index in [4.69, 9.17) is 12.2 Å². The van der Waals surface area contributed by atoms with E-state index in [0.717, 1.165) is 19.3 Å². The first-order valence-electron chi connectivity index (χ1n) is 6.10. The highest BCUT2D eigenvalue weighted by Crippen LogP contribution is 2.17. The molecule has 108 valence electrons. The molecule has 3 nitrogen and oxygen atoms in total. The average molecular weight is 475 g/mol. The van der Waals surface area contributed by atoms with Crippen LogP contribution in [0.1, 0.15) is 15.9 Å². The minimum Gasteiger partial charge on any atom is -0.332 e. The van der Waals surface area contributed by atoms with Gasteiger partial charge >= 0.3 is 0 Å². The van der Waals surface area contributed by atoms with Crippen molar-refractivity contribution >= 4 is 67.4 Å². The van der Waals surface area contributed by atoms with Gasteiger partial charge in [-0.05, 0) is 83.7 Å². The number of halogens is 2. The van der Waals surface area contributed by atoms with E-state index in [0.29, 0.717) is 5.56 Å². The van der Waals surface area contributed by atoms with E-state index in [1.54, 1.807) is 12.1 Å². The van der Waals surface area contributed by atoms with E-state index in [2.05, 4.69) is 49.2 Å². The highest BCUT2D eigenvalue weighted by Gasteiger charge is 2.09. The average Bonchev–Trinajstić information content (AvgIpc) is 2.44. The molecule has 0 bridgehead atoms. The van der Waals surface area contributed by atoms with Crippen molar-refractivity contribution in [3.05, 3.63) is 61.6 Å². The predicted molar refractivity (Wildman–Crippen MR) is 102 cm³/mol. The number of thiocarbonyl (C=S) groups is 1. The summed E-state index contributed by atoms with van der Waals surface area (Å²) < 4.78 is 2.03. The van der Waals surface area contributed by atoms with Gasteiger partial charge in [-0.3, -0.25) is 10.1 Å². The van der Waals surface area contributed by atoms with Gasteiger partial charge in [0.2, 0.25) is 0 Å². The van der Waals surface area contributed by atoms with Crippen LogP contribution >= 0.6 is 50.7 Å². The maximum Gasteiger partial charge on any atom is 0.257 e. The molecule has 0 saturated carbocycles. The van der Waals surface area contributed by atoms with Crippen molar-refractivity contribution in [3.63, 3.8) is 0 Å². The van der Waals surface area contributed by atoms with Crippen molar-refractivity contribution in [1.29, 1.82) is 0 Å². The zero-order valence-corrected chi connectivity index (χ0v) is 15.7. The highest BCUT2D eigenvalue weighted by atomic mass is 127. The quantitative estimate of drug-likeness (QED) is 0.497. The molecule has 2 rings (SSSR count). The van der Waals surface area contributed by atoms with Gasteiger partial charge in [-0.15, -0.1) is 0 Å². The van der Waals surface area contributed by atoms with Gasteiger partial charge in [0, 0.05) is 19.3 Å². The molecule has 0 saturated heterocycles. The highest BCUT2D eigenvalue weighted by molar-refractivity contribution is 14.1. The standard InChI is InChI=1S/C15H12BrIN2OS/c1-9-2-3-10(8-13(9)16)14(20)19-15(21)18-12-6-4-11(17)5-7-12/h2-8H,1H3,(H2,18,19,20,21). The summed E-state index contributed by atoms with van der Waals surface area (Å²) >= 11 is 10.8. The van der Waals surface area contributed by atoms with Crippen LogP contribution in [0.5, 0.6) is 0 Å². The molecule has 2 aromatic carbocycles. The Morgan fingerprint density at radius 2 is 1.86 bits per heavy atom. The number of carbonyl (C=O) groups excluding carboxylic acids is 1. The molecule has 0 atom stereocenters. The van der Waals surface area contributed by atoms with Gasteiger partial charge in [0.05, 0.1) is 0 Å². The zero-order chi connectivity index (χ0) is 15.4. The van der Waals surface area contributed by atoms with Crippen molar-refractivity contribution < 1.29 is 4.79 Å². The molecule has 0 aliphatic heterocycles. The monoisotopic (exact) mass is 474 g/mol. The fraction of sp³-hybridized carbons (Fsp3) is 0.0667. The Kier molecular flexibility index (Phi) is 5.72. The lowest BCUT2D eigenvalue weighted by atomic mass is 10.1. The Morgan fingerprint density at radius 3 is 2.48 bits per heavy atom. The molecule has 0 fully saturated rings. The van der Waals surface area contributed by atoms with Crippen molar-refractivity contribution in [2.45, 2.75) is 6.92 Å². The van der Waals surface area contributed by atoms with E-state index in [1.165, 1.54) is 0 Å². The second-order valence-electron chi connectivity index (χ2n) is 4.38. The van der Waals surface area contributed by atoms with Crippen LogP contribution in [0.3, 0.4) is 0 Å². The molecule has 0 radical (unpaired) electrons. The van der Waals surface area contributed by atoms with Gasteiger partial charge in [0.15, 0.2) is 5.11 Å². The van der Waals surface area contributed by atoms with Crippen LogP contribution in [0.4, 0.5) is 5.69 Å². The van der Waals surface area contributed by atoms with Crippen molar-refractivity contribution in [2.24, 2.45) is 0 Å². The third-order valence-corrected chi connectivity index (χ3v) is 4.54. The Bertz CT molecular complexity index is 689. The number of nitrogens with one attached hydrogen (secondary N) is 2. The molecular weight excluding hydrogens is 463 g/mol. The van der Waals surface area contributed by atoms with Crippen LogP contribution in [-0.4, -0.2) is 11.0 Å². The molecule has 0 aromatic heterocycles. The fourth-order valence-electron chi connectivity index (χ4n) is 1.60. The maximum atomic E-state index is 12.1. The lowest BCUT2D eigenvalue weighted by molar-refractivity contribution is 0.0977. The SMILES string of the molecule is Cc1ccc(C(=O)NC(=S)Nc2ccc(I)cc2)cc1Br. The molecule has 0 spiro atoms. The van der Waals surface area contributed by atoms with Gasteiger partial charge < -0.3 is 5.32 Å². The zero-order valence-electron chi connectivity index (χ0n) is 11.1. The molecule has 1 amide bonds. The maximum absolute atomic E-state index is 12.1. The van der Waals surface area contributed by atoms with Gasteiger partial charge in [0.1, 0.15) is 0 Å². The van der Waals surface area contributed by atoms with E-state index in [1.807, 2.05) is 37.3 Å².